The summed E-state index contributed by atoms with van der Waals surface area (Å²) in [5.74, 6) is -0.253. The normalized spacial score (nSPS) is 12.4. The summed E-state index contributed by atoms with van der Waals surface area (Å²) in [5.41, 5.74) is 3.36. The molecule has 1 heterocycles. The van der Waals surface area contributed by atoms with Crippen molar-refractivity contribution in [2.75, 3.05) is 4.72 Å². The van der Waals surface area contributed by atoms with Gasteiger partial charge < -0.3 is 15.3 Å². The average molecular weight is 451 g/mol. The molecular formula is C23H22N4O4S. The molecule has 0 spiro atoms. The minimum Gasteiger partial charge on any atom is -0.346 e. The van der Waals surface area contributed by atoms with Crippen molar-refractivity contribution in [3.8, 4) is 0 Å². The zero-order valence-electron chi connectivity index (χ0n) is 17.5. The van der Waals surface area contributed by atoms with Gasteiger partial charge in [0, 0.05) is 11.3 Å². The Morgan fingerprint density at radius 2 is 1.62 bits per heavy atom. The van der Waals surface area contributed by atoms with Crippen LogP contribution in [-0.2, 0) is 10.0 Å². The summed E-state index contributed by atoms with van der Waals surface area (Å²) >= 11 is 0. The number of rotatable bonds is 6. The number of aromatic nitrogens is 2. The highest BCUT2D eigenvalue weighted by atomic mass is 32.2. The number of carbonyl (C=O) groups is 1. The second kappa shape index (κ2) is 8.35. The van der Waals surface area contributed by atoms with Crippen LogP contribution in [-0.4, -0.2) is 24.3 Å². The van der Waals surface area contributed by atoms with Crippen LogP contribution >= 0.6 is 0 Å². The molecule has 0 radical (unpaired) electrons. The maximum atomic E-state index is 12.7. The summed E-state index contributed by atoms with van der Waals surface area (Å²) in [6.07, 6.45) is 0. The van der Waals surface area contributed by atoms with Crippen LogP contribution in [0, 0.1) is 6.92 Å². The van der Waals surface area contributed by atoms with Gasteiger partial charge in [0.1, 0.15) is 0 Å². The van der Waals surface area contributed by atoms with Crippen LogP contribution in [0.25, 0.3) is 11.0 Å². The highest BCUT2D eigenvalue weighted by Crippen LogP contribution is 2.21. The number of sulfonamides is 1. The van der Waals surface area contributed by atoms with Crippen molar-refractivity contribution in [3.05, 3.63) is 93.9 Å². The lowest BCUT2D eigenvalue weighted by Crippen LogP contribution is -2.27. The van der Waals surface area contributed by atoms with Crippen molar-refractivity contribution in [3.63, 3.8) is 0 Å². The number of imidazole rings is 1. The van der Waals surface area contributed by atoms with Gasteiger partial charge in [-0.2, -0.15) is 0 Å². The number of hydrogen-bond acceptors (Lipinski definition) is 4. The van der Waals surface area contributed by atoms with Crippen molar-refractivity contribution >= 4 is 32.7 Å². The summed E-state index contributed by atoms with van der Waals surface area (Å²) in [6.45, 7) is 3.90. The van der Waals surface area contributed by atoms with Gasteiger partial charge in [-0.25, -0.2) is 13.2 Å². The number of fused-ring (bicyclic) bond motifs is 1. The molecule has 8 nitrogen and oxygen atoms in total. The summed E-state index contributed by atoms with van der Waals surface area (Å²) in [6, 6.07) is 18.1. The molecule has 0 fully saturated rings. The summed E-state index contributed by atoms with van der Waals surface area (Å²) in [5, 5.41) is 2.96. The lowest BCUT2D eigenvalue weighted by molar-refractivity contribution is 0.0940. The summed E-state index contributed by atoms with van der Waals surface area (Å²) < 4.78 is 27.9. The van der Waals surface area contributed by atoms with Crippen LogP contribution in [0.5, 0.6) is 0 Å². The quantitative estimate of drug-likeness (QED) is 0.359. The van der Waals surface area contributed by atoms with Gasteiger partial charge in [-0.05, 0) is 67.4 Å². The Bertz CT molecular complexity index is 1450. The molecule has 0 bridgehead atoms. The number of hydrogen-bond donors (Lipinski definition) is 4. The van der Waals surface area contributed by atoms with E-state index in [9.17, 15) is 18.0 Å². The molecule has 3 aromatic carbocycles. The first-order valence-corrected chi connectivity index (χ1v) is 11.4. The number of benzene rings is 3. The van der Waals surface area contributed by atoms with E-state index in [0.717, 1.165) is 11.1 Å². The first-order chi connectivity index (χ1) is 15.2. The Morgan fingerprint density at radius 3 is 2.34 bits per heavy atom. The highest BCUT2D eigenvalue weighted by Gasteiger charge is 2.17. The first-order valence-electron chi connectivity index (χ1n) is 9.94. The van der Waals surface area contributed by atoms with Crippen LogP contribution in [0.1, 0.15) is 34.5 Å². The Labute approximate surface area is 184 Å². The third kappa shape index (κ3) is 4.42. The van der Waals surface area contributed by atoms with Crippen molar-refractivity contribution in [2.45, 2.75) is 24.8 Å². The van der Waals surface area contributed by atoms with Crippen LogP contribution in [0.2, 0.25) is 0 Å². The maximum absolute atomic E-state index is 12.7. The largest absolute Gasteiger partial charge is 0.346 e. The molecule has 0 saturated carbocycles. The Balaban J connectivity index is 1.47. The minimum absolute atomic E-state index is 0.00845. The second-order valence-corrected chi connectivity index (χ2v) is 9.20. The molecule has 0 aliphatic rings. The molecule has 164 valence electrons. The highest BCUT2D eigenvalue weighted by molar-refractivity contribution is 7.92. The van der Waals surface area contributed by atoms with Gasteiger partial charge in [0.25, 0.3) is 15.9 Å². The topological polar surface area (TPSA) is 124 Å². The lowest BCUT2D eigenvalue weighted by Gasteiger charge is -2.16. The summed E-state index contributed by atoms with van der Waals surface area (Å²) in [4.78, 5) is 29.1. The molecular weight excluding hydrogens is 428 g/mol. The van der Waals surface area contributed by atoms with E-state index in [1.54, 1.807) is 12.1 Å². The van der Waals surface area contributed by atoms with Gasteiger partial charge in [-0.15, -0.1) is 0 Å². The van der Waals surface area contributed by atoms with E-state index in [-0.39, 0.29) is 16.8 Å². The fourth-order valence-electron chi connectivity index (χ4n) is 3.51. The van der Waals surface area contributed by atoms with Gasteiger partial charge >= 0.3 is 5.69 Å². The van der Waals surface area contributed by atoms with Crippen LogP contribution in [0.3, 0.4) is 0 Å². The molecule has 0 aliphatic carbocycles. The maximum Gasteiger partial charge on any atom is 0.323 e. The number of carbonyl (C=O) groups excluding carboxylic acids is 1. The molecule has 1 unspecified atom stereocenters. The Morgan fingerprint density at radius 1 is 0.938 bits per heavy atom. The number of anilines is 1. The zero-order chi connectivity index (χ0) is 22.9. The lowest BCUT2D eigenvalue weighted by atomic mass is 10.0. The smallest absolute Gasteiger partial charge is 0.323 e. The second-order valence-electron chi connectivity index (χ2n) is 7.52. The molecule has 1 amide bonds. The molecule has 0 aliphatic heterocycles. The predicted molar refractivity (Wildman–Crippen MR) is 123 cm³/mol. The fraction of sp³-hybridized carbons (Fsp3) is 0.130. The molecule has 1 atom stereocenters. The van der Waals surface area contributed by atoms with Gasteiger partial charge in [-0.3, -0.25) is 9.52 Å². The van der Waals surface area contributed by atoms with Gasteiger partial charge in [0.05, 0.1) is 22.0 Å². The average Bonchev–Trinajstić information content (AvgIpc) is 3.13. The van der Waals surface area contributed by atoms with Crippen molar-refractivity contribution in [1.29, 1.82) is 0 Å². The van der Waals surface area contributed by atoms with E-state index in [2.05, 4.69) is 20.0 Å². The Hall–Kier alpha value is -3.85. The van der Waals surface area contributed by atoms with Crippen molar-refractivity contribution in [2.24, 2.45) is 0 Å². The molecule has 0 saturated heterocycles. The number of amides is 1. The molecule has 32 heavy (non-hydrogen) atoms. The van der Waals surface area contributed by atoms with Gasteiger partial charge in [0.2, 0.25) is 0 Å². The van der Waals surface area contributed by atoms with E-state index in [4.69, 9.17) is 0 Å². The van der Waals surface area contributed by atoms with Gasteiger partial charge in [0.15, 0.2) is 0 Å². The first kappa shape index (κ1) is 21.4. The molecule has 4 rings (SSSR count). The Kier molecular flexibility index (Phi) is 5.58. The van der Waals surface area contributed by atoms with E-state index in [1.165, 1.54) is 30.3 Å². The molecule has 1 aromatic heterocycles. The minimum atomic E-state index is -3.87. The zero-order valence-corrected chi connectivity index (χ0v) is 18.3. The monoisotopic (exact) mass is 450 g/mol. The number of aromatic amines is 2. The number of H-pyrrole nitrogens is 2. The SMILES string of the molecule is Cc1ccccc1C(C)NC(=O)c1ccc(NS(=O)(=O)c2ccc3[nH]c(=O)[nH]c3c2)cc1. The molecule has 9 heteroatoms. The van der Waals surface area contributed by atoms with Crippen LogP contribution < -0.4 is 15.7 Å². The molecule has 4 N–H and O–H groups in total. The van der Waals surface area contributed by atoms with E-state index in [0.29, 0.717) is 22.3 Å². The summed E-state index contributed by atoms with van der Waals surface area (Å²) in [7, 11) is -3.87. The number of nitrogens with one attached hydrogen (secondary N) is 4. The number of aryl methyl sites for hydroxylation is 1. The fourth-order valence-corrected chi connectivity index (χ4v) is 4.60. The van der Waals surface area contributed by atoms with Crippen molar-refractivity contribution < 1.29 is 13.2 Å². The third-order valence-electron chi connectivity index (χ3n) is 5.20. The van der Waals surface area contributed by atoms with Gasteiger partial charge in [-0.1, -0.05) is 24.3 Å². The third-order valence-corrected chi connectivity index (χ3v) is 6.58. The van der Waals surface area contributed by atoms with Crippen molar-refractivity contribution in [1.82, 2.24) is 15.3 Å². The van der Waals surface area contributed by atoms with E-state index in [1.807, 2.05) is 38.1 Å². The van der Waals surface area contributed by atoms with Crippen LogP contribution in [0.15, 0.2) is 76.4 Å². The standard InChI is InChI=1S/C23H22N4O4S/c1-14-5-3-4-6-19(14)15(2)24-22(28)16-7-9-17(10-8-16)27-32(30,31)18-11-12-20-21(13-18)26-23(29)25-20/h3-13,15,27H,1-2H3,(H,24,28)(H2,25,26,29). The van der Waals surface area contributed by atoms with E-state index < -0.39 is 15.7 Å². The van der Waals surface area contributed by atoms with E-state index >= 15 is 0 Å². The van der Waals surface area contributed by atoms with Crippen LogP contribution in [0.4, 0.5) is 5.69 Å². The molecule has 4 aromatic rings. The predicted octanol–water partition coefficient (Wildman–Crippen LogP) is 3.46.